The third-order valence-corrected chi connectivity index (χ3v) is 7.45. The Labute approximate surface area is 199 Å². The highest BCUT2D eigenvalue weighted by Gasteiger charge is 2.46. The van der Waals surface area contributed by atoms with E-state index in [-0.39, 0.29) is 42.9 Å². The van der Waals surface area contributed by atoms with Crippen LogP contribution in [0.3, 0.4) is 0 Å². The minimum Gasteiger partial charge on any atom is -0.480 e. The Morgan fingerprint density at radius 3 is 2.21 bits per heavy atom. The van der Waals surface area contributed by atoms with Gasteiger partial charge in [-0.25, -0.2) is 4.79 Å². The molecule has 0 heterocycles. The molecule has 0 bridgehead atoms. The third kappa shape index (κ3) is 4.52. The molecule has 178 valence electrons. The van der Waals surface area contributed by atoms with Gasteiger partial charge in [0.05, 0.1) is 0 Å². The second-order valence-electron chi connectivity index (χ2n) is 9.61. The molecule has 0 radical (unpaired) electrons. The zero-order valence-electron chi connectivity index (χ0n) is 19.1. The fourth-order valence-electron chi connectivity index (χ4n) is 5.60. The van der Waals surface area contributed by atoms with Crippen LogP contribution in [0.5, 0.6) is 0 Å². The van der Waals surface area contributed by atoms with Gasteiger partial charge >= 0.3 is 12.1 Å². The maximum atomic E-state index is 12.9. The normalized spacial score (nSPS) is 20.9. The maximum Gasteiger partial charge on any atom is 0.407 e. The van der Waals surface area contributed by atoms with Crippen molar-refractivity contribution in [2.24, 2.45) is 11.8 Å². The van der Waals surface area contributed by atoms with Gasteiger partial charge in [-0.15, -0.1) is 0 Å². The van der Waals surface area contributed by atoms with E-state index in [1.165, 1.54) is 11.1 Å². The lowest BCUT2D eigenvalue weighted by atomic mass is 9.98. The number of alkyl carbamates (subject to hydrolysis) is 1. The van der Waals surface area contributed by atoms with Gasteiger partial charge in [0.2, 0.25) is 5.91 Å². The summed E-state index contributed by atoms with van der Waals surface area (Å²) < 4.78 is 5.57. The molecule has 0 unspecified atom stereocenters. The molecule has 2 atom stereocenters. The van der Waals surface area contributed by atoms with Crippen molar-refractivity contribution in [3.05, 3.63) is 59.7 Å². The van der Waals surface area contributed by atoms with Crippen molar-refractivity contribution in [3.63, 3.8) is 0 Å². The summed E-state index contributed by atoms with van der Waals surface area (Å²) in [6.45, 7) is 0.367. The number of rotatable bonds is 8. The van der Waals surface area contributed by atoms with Crippen molar-refractivity contribution < 1.29 is 24.2 Å². The first-order chi connectivity index (χ1) is 16.5. The van der Waals surface area contributed by atoms with Gasteiger partial charge in [-0.05, 0) is 47.4 Å². The Morgan fingerprint density at radius 2 is 1.59 bits per heavy atom. The van der Waals surface area contributed by atoms with Crippen LogP contribution in [-0.2, 0) is 14.3 Å². The third-order valence-electron chi connectivity index (χ3n) is 7.45. The molecule has 2 fully saturated rings. The summed E-state index contributed by atoms with van der Waals surface area (Å²) in [7, 11) is 0. The van der Waals surface area contributed by atoms with E-state index < -0.39 is 12.1 Å². The number of hydrogen-bond acceptors (Lipinski definition) is 4. The number of carboxylic acid groups (broad SMARTS) is 1. The Morgan fingerprint density at radius 1 is 0.971 bits per heavy atom. The zero-order valence-corrected chi connectivity index (χ0v) is 19.1. The van der Waals surface area contributed by atoms with E-state index in [9.17, 15) is 19.5 Å². The SMILES string of the molecule is O=C(O)CN(C(=O)[C@@H]1C[C@@H]1CNC(=O)OCC1c2ccccc2-c2ccccc21)C1CCCC1. The van der Waals surface area contributed by atoms with Gasteiger partial charge < -0.3 is 20.1 Å². The first-order valence-corrected chi connectivity index (χ1v) is 12.1. The molecule has 0 aromatic heterocycles. The summed E-state index contributed by atoms with van der Waals surface area (Å²) in [4.78, 5) is 38.2. The van der Waals surface area contributed by atoms with Crippen molar-refractivity contribution in [2.45, 2.75) is 44.1 Å². The molecule has 2 aromatic carbocycles. The van der Waals surface area contributed by atoms with Crippen molar-refractivity contribution in [1.29, 1.82) is 0 Å². The molecule has 2 saturated carbocycles. The number of nitrogens with zero attached hydrogens (tertiary/aromatic N) is 1. The number of carboxylic acids is 1. The summed E-state index contributed by atoms with van der Waals surface area (Å²) in [5, 5.41) is 12.0. The van der Waals surface area contributed by atoms with Crippen LogP contribution in [0, 0.1) is 11.8 Å². The van der Waals surface area contributed by atoms with Gasteiger partial charge in [0.25, 0.3) is 0 Å². The van der Waals surface area contributed by atoms with Crippen molar-refractivity contribution in [3.8, 4) is 11.1 Å². The fourth-order valence-corrected chi connectivity index (χ4v) is 5.60. The van der Waals surface area contributed by atoms with Gasteiger partial charge in [-0.3, -0.25) is 9.59 Å². The second kappa shape index (κ2) is 9.49. The smallest absolute Gasteiger partial charge is 0.407 e. The number of amides is 2. The van der Waals surface area contributed by atoms with Crippen LogP contribution >= 0.6 is 0 Å². The summed E-state index contributed by atoms with van der Waals surface area (Å²) in [5.41, 5.74) is 4.68. The fraction of sp³-hybridized carbons (Fsp3) is 0.444. The molecule has 5 rings (SSSR count). The zero-order chi connectivity index (χ0) is 23.7. The van der Waals surface area contributed by atoms with Gasteiger partial charge in [-0.1, -0.05) is 61.4 Å². The van der Waals surface area contributed by atoms with E-state index in [1.807, 2.05) is 24.3 Å². The van der Waals surface area contributed by atoms with Crippen LogP contribution in [-0.4, -0.2) is 53.7 Å². The molecular formula is C27H30N2O5. The summed E-state index contributed by atoms with van der Waals surface area (Å²) in [6.07, 6.45) is 3.99. The number of carbonyl (C=O) groups is 3. The predicted octanol–water partition coefficient (Wildman–Crippen LogP) is 4.02. The van der Waals surface area contributed by atoms with Crippen molar-refractivity contribution in [1.82, 2.24) is 10.2 Å². The lowest BCUT2D eigenvalue weighted by Gasteiger charge is -2.27. The molecule has 0 spiro atoms. The van der Waals surface area contributed by atoms with Gasteiger partial charge in [0.1, 0.15) is 13.2 Å². The largest absolute Gasteiger partial charge is 0.480 e. The Kier molecular flexibility index (Phi) is 6.26. The number of fused-ring (bicyclic) bond motifs is 3. The van der Waals surface area contributed by atoms with Gasteiger partial charge in [0, 0.05) is 24.4 Å². The predicted molar refractivity (Wildman–Crippen MR) is 126 cm³/mol. The van der Waals surface area contributed by atoms with E-state index in [2.05, 4.69) is 29.6 Å². The van der Waals surface area contributed by atoms with Crippen LogP contribution < -0.4 is 5.32 Å². The van der Waals surface area contributed by atoms with E-state index in [0.717, 1.165) is 36.8 Å². The highest BCUT2D eigenvalue weighted by molar-refractivity contribution is 5.85. The van der Waals surface area contributed by atoms with E-state index >= 15 is 0 Å². The molecule has 7 heteroatoms. The summed E-state index contributed by atoms with van der Waals surface area (Å²) in [6, 6.07) is 16.4. The molecule has 3 aliphatic carbocycles. The quantitative estimate of drug-likeness (QED) is 0.618. The maximum absolute atomic E-state index is 12.9. The number of ether oxygens (including phenoxy) is 1. The molecule has 0 saturated heterocycles. The molecule has 2 amide bonds. The van der Waals surface area contributed by atoms with Crippen molar-refractivity contribution >= 4 is 18.0 Å². The molecular weight excluding hydrogens is 432 g/mol. The number of nitrogens with one attached hydrogen (secondary N) is 1. The standard InChI is InChI=1S/C27H30N2O5/c30-25(31)15-29(18-7-1-2-8-18)26(32)23-13-17(23)14-28-27(33)34-16-24-21-11-5-3-9-19(21)20-10-4-6-12-22(20)24/h3-6,9-12,17-18,23-24H,1-2,7-8,13-16H2,(H,28,33)(H,30,31)/t17-,23-/m1/s1. The first-order valence-electron chi connectivity index (χ1n) is 12.1. The number of carbonyl (C=O) groups excluding carboxylic acids is 2. The van der Waals surface area contributed by atoms with Gasteiger partial charge in [0.15, 0.2) is 0 Å². The Balaban J connectivity index is 1.12. The van der Waals surface area contributed by atoms with E-state index in [1.54, 1.807) is 4.90 Å². The van der Waals surface area contributed by atoms with Crippen LogP contribution in [0.2, 0.25) is 0 Å². The summed E-state index contributed by atoms with van der Waals surface area (Å²) in [5.74, 6) is -1.24. The molecule has 34 heavy (non-hydrogen) atoms. The van der Waals surface area contributed by atoms with Gasteiger partial charge in [-0.2, -0.15) is 0 Å². The van der Waals surface area contributed by atoms with Crippen LogP contribution in [0.1, 0.15) is 49.1 Å². The van der Waals surface area contributed by atoms with E-state index in [4.69, 9.17) is 4.74 Å². The lowest BCUT2D eigenvalue weighted by Crippen LogP contribution is -2.43. The lowest BCUT2D eigenvalue weighted by molar-refractivity contribution is -0.147. The minimum absolute atomic E-state index is 0.00406. The molecule has 2 aromatic rings. The van der Waals surface area contributed by atoms with Crippen molar-refractivity contribution in [2.75, 3.05) is 19.7 Å². The molecule has 2 N–H and O–H groups in total. The average molecular weight is 463 g/mol. The minimum atomic E-state index is -0.978. The monoisotopic (exact) mass is 462 g/mol. The van der Waals surface area contributed by atoms with Crippen LogP contribution in [0.15, 0.2) is 48.5 Å². The number of benzene rings is 2. The van der Waals surface area contributed by atoms with E-state index in [0.29, 0.717) is 13.0 Å². The van der Waals surface area contributed by atoms with Crippen LogP contribution in [0.25, 0.3) is 11.1 Å². The highest BCUT2D eigenvalue weighted by Crippen LogP contribution is 2.44. The molecule has 3 aliphatic rings. The molecule has 7 nitrogen and oxygen atoms in total. The second-order valence-corrected chi connectivity index (χ2v) is 9.61. The number of hydrogen-bond donors (Lipinski definition) is 2. The van der Waals surface area contributed by atoms with Crippen LogP contribution in [0.4, 0.5) is 4.79 Å². The summed E-state index contributed by atoms with van der Waals surface area (Å²) >= 11 is 0. The number of aliphatic carboxylic acids is 1. The highest BCUT2D eigenvalue weighted by atomic mass is 16.5. The average Bonchev–Trinajstić information content (AvgIpc) is 3.27. The topological polar surface area (TPSA) is 95.9 Å². The Bertz CT molecular complexity index is 1050. The molecule has 0 aliphatic heterocycles. The first kappa shape index (κ1) is 22.4. The Hall–Kier alpha value is -3.35.